The third kappa shape index (κ3) is 3.08. The van der Waals surface area contributed by atoms with Crippen LogP contribution in [0, 0.1) is 0 Å². The number of allylic oxidation sites excluding steroid dienone is 3. The molecular weight excluding hydrogens is 232 g/mol. The first-order valence-electron chi connectivity index (χ1n) is 5.37. The smallest absolute Gasteiger partial charge is 0.0986 e. The van der Waals surface area contributed by atoms with Gasteiger partial charge in [-0.3, -0.25) is 0 Å². The molecule has 1 aromatic carbocycles. The number of aromatic nitrogens is 2. The highest BCUT2D eigenvalue weighted by atomic mass is 35.5. The highest BCUT2D eigenvalue weighted by Gasteiger charge is 1.98. The minimum atomic E-state index is 0.746. The molecule has 86 valence electrons. The molecule has 0 spiro atoms. The lowest BCUT2D eigenvalue weighted by Crippen LogP contribution is -1.86. The SMILES string of the molecule is C/C=C/C(=C\n1ccnc1)c1ccc(Cl)cc1. The summed E-state index contributed by atoms with van der Waals surface area (Å²) in [6, 6.07) is 7.79. The van der Waals surface area contributed by atoms with E-state index in [1.807, 2.05) is 54.2 Å². The van der Waals surface area contributed by atoms with Crippen molar-refractivity contribution in [2.75, 3.05) is 0 Å². The average molecular weight is 245 g/mol. The summed E-state index contributed by atoms with van der Waals surface area (Å²) in [6.07, 6.45) is 11.5. The summed E-state index contributed by atoms with van der Waals surface area (Å²) >= 11 is 5.88. The molecule has 0 N–H and O–H groups in total. The number of hydrogen-bond donors (Lipinski definition) is 0. The van der Waals surface area contributed by atoms with Crippen LogP contribution in [-0.2, 0) is 0 Å². The first kappa shape index (κ1) is 11.7. The zero-order chi connectivity index (χ0) is 12.1. The van der Waals surface area contributed by atoms with Crippen molar-refractivity contribution < 1.29 is 0 Å². The van der Waals surface area contributed by atoms with Crippen molar-refractivity contribution in [3.63, 3.8) is 0 Å². The van der Waals surface area contributed by atoms with E-state index in [2.05, 4.69) is 11.1 Å². The van der Waals surface area contributed by atoms with Gasteiger partial charge in [0.2, 0.25) is 0 Å². The van der Waals surface area contributed by atoms with Crippen LogP contribution in [0.25, 0.3) is 11.8 Å². The van der Waals surface area contributed by atoms with Crippen molar-refractivity contribution in [2.45, 2.75) is 6.92 Å². The molecule has 0 aliphatic heterocycles. The predicted molar refractivity (Wildman–Crippen MR) is 72.7 cm³/mol. The molecule has 0 aliphatic rings. The van der Waals surface area contributed by atoms with Gasteiger partial charge in [-0.25, -0.2) is 4.98 Å². The number of rotatable bonds is 3. The Kier molecular flexibility index (Phi) is 3.78. The Balaban J connectivity index is 2.39. The molecule has 0 saturated heterocycles. The molecule has 0 radical (unpaired) electrons. The normalized spacial score (nSPS) is 12.2. The van der Waals surface area contributed by atoms with E-state index in [0.29, 0.717) is 0 Å². The Hall–Kier alpha value is -1.80. The first-order valence-corrected chi connectivity index (χ1v) is 5.75. The molecule has 0 bridgehead atoms. The predicted octanol–water partition coefficient (Wildman–Crippen LogP) is 4.11. The van der Waals surface area contributed by atoms with Crippen LogP contribution in [-0.4, -0.2) is 9.55 Å². The summed E-state index contributed by atoms with van der Waals surface area (Å²) in [5, 5.41) is 0.746. The Labute approximate surface area is 106 Å². The van der Waals surface area contributed by atoms with Gasteiger partial charge in [0.1, 0.15) is 0 Å². The second-order valence-electron chi connectivity index (χ2n) is 3.60. The van der Waals surface area contributed by atoms with Gasteiger partial charge < -0.3 is 4.57 Å². The van der Waals surface area contributed by atoms with Gasteiger partial charge in [0.25, 0.3) is 0 Å². The quantitative estimate of drug-likeness (QED) is 0.743. The maximum Gasteiger partial charge on any atom is 0.0986 e. The standard InChI is InChI=1S/C14H13ClN2/c1-2-3-13(10-17-9-8-16-11-17)12-4-6-14(15)7-5-12/h2-11H,1H3/b3-2+,13-10+. The fourth-order valence-electron chi connectivity index (χ4n) is 1.54. The van der Waals surface area contributed by atoms with Crippen LogP contribution in [0.1, 0.15) is 12.5 Å². The molecule has 2 rings (SSSR count). The van der Waals surface area contributed by atoms with Crippen molar-refractivity contribution >= 4 is 23.4 Å². The summed E-state index contributed by atoms with van der Waals surface area (Å²) in [6.45, 7) is 2.00. The molecule has 0 amide bonds. The van der Waals surface area contributed by atoms with Gasteiger partial charge in [-0.15, -0.1) is 0 Å². The Morgan fingerprint density at radius 2 is 2.06 bits per heavy atom. The van der Waals surface area contributed by atoms with Crippen molar-refractivity contribution in [1.29, 1.82) is 0 Å². The summed E-state index contributed by atoms with van der Waals surface area (Å²) in [5.74, 6) is 0. The third-order valence-electron chi connectivity index (χ3n) is 2.34. The van der Waals surface area contributed by atoms with Gasteiger partial charge in [-0.05, 0) is 30.2 Å². The van der Waals surface area contributed by atoms with Crippen molar-refractivity contribution in [2.24, 2.45) is 0 Å². The Morgan fingerprint density at radius 3 is 2.65 bits per heavy atom. The molecule has 1 heterocycles. The molecule has 3 heteroatoms. The molecule has 1 aromatic heterocycles. The van der Waals surface area contributed by atoms with Gasteiger partial charge in [0.15, 0.2) is 0 Å². The minimum absolute atomic E-state index is 0.746. The van der Waals surface area contributed by atoms with E-state index in [1.165, 1.54) is 0 Å². The third-order valence-corrected chi connectivity index (χ3v) is 2.59. The zero-order valence-corrected chi connectivity index (χ0v) is 10.3. The van der Waals surface area contributed by atoms with Crippen molar-refractivity contribution in [3.05, 3.63) is 65.7 Å². The first-order chi connectivity index (χ1) is 8.29. The van der Waals surface area contributed by atoms with Crippen LogP contribution in [0.2, 0.25) is 5.02 Å². The van der Waals surface area contributed by atoms with Gasteiger partial charge in [-0.2, -0.15) is 0 Å². The van der Waals surface area contributed by atoms with Crippen LogP contribution in [0.3, 0.4) is 0 Å². The van der Waals surface area contributed by atoms with Gasteiger partial charge in [0, 0.05) is 23.6 Å². The number of benzene rings is 1. The largest absolute Gasteiger partial charge is 0.313 e. The van der Waals surface area contributed by atoms with E-state index in [9.17, 15) is 0 Å². The van der Waals surface area contributed by atoms with E-state index >= 15 is 0 Å². The van der Waals surface area contributed by atoms with Crippen LogP contribution < -0.4 is 0 Å². The second kappa shape index (κ2) is 5.51. The number of halogens is 1. The monoisotopic (exact) mass is 244 g/mol. The topological polar surface area (TPSA) is 17.8 Å². The summed E-state index contributed by atoms with van der Waals surface area (Å²) < 4.78 is 1.92. The molecule has 17 heavy (non-hydrogen) atoms. The zero-order valence-electron chi connectivity index (χ0n) is 9.55. The van der Waals surface area contributed by atoms with E-state index in [1.54, 1.807) is 12.5 Å². The highest BCUT2D eigenvalue weighted by Crippen LogP contribution is 2.19. The van der Waals surface area contributed by atoms with Gasteiger partial charge >= 0.3 is 0 Å². The van der Waals surface area contributed by atoms with Crippen LogP contribution in [0.15, 0.2) is 55.1 Å². The van der Waals surface area contributed by atoms with Gasteiger partial charge in [-0.1, -0.05) is 35.9 Å². The van der Waals surface area contributed by atoms with Gasteiger partial charge in [0.05, 0.1) is 6.33 Å². The van der Waals surface area contributed by atoms with Crippen LogP contribution >= 0.6 is 11.6 Å². The maximum absolute atomic E-state index is 5.88. The fourth-order valence-corrected chi connectivity index (χ4v) is 1.67. The molecule has 0 aliphatic carbocycles. The van der Waals surface area contributed by atoms with Crippen LogP contribution in [0.4, 0.5) is 0 Å². The summed E-state index contributed by atoms with van der Waals surface area (Å²) in [7, 11) is 0. The van der Waals surface area contributed by atoms with E-state index in [0.717, 1.165) is 16.2 Å². The number of hydrogen-bond acceptors (Lipinski definition) is 1. The Morgan fingerprint density at radius 1 is 1.29 bits per heavy atom. The minimum Gasteiger partial charge on any atom is -0.313 e. The van der Waals surface area contributed by atoms with E-state index in [-0.39, 0.29) is 0 Å². The highest BCUT2D eigenvalue weighted by molar-refractivity contribution is 6.30. The average Bonchev–Trinajstić information content (AvgIpc) is 2.82. The lowest BCUT2D eigenvalue weighted by atomic mass is 10.1. The molecular formula is C14H13ClN2. The molecule has 2 aromatic rings. The van der Waals surface area contributed by atoms with Crippen LogP contribution in [0.5, 0.6) is 0 Å². The molecule has 2 nitrogen and oxygen atoms in total. The van der Waals surface area contributed by atoms with E-state index in [4.69, 9.17) is 11.6 Å². The number of nitrogens with zero attached hydrogens (tertiary/aromatic N) is 2. The lowest BCUT2D eigenvalue weighted by molar-refractivity contribution is 1.14. The molecule has 0 atom stereocenters. The molecule has 0 fully saturated rings. The maximum atomic E-state index is 5.88. The second-order valence-corrected chi connectivity index (χ2v) is 4.04. The molecule has 0 unspecified atom stereocenters. The fraction of sp³-hybridized carbons (Fsp3) is 0.0714. The number of imidazole rings is 1. The Bertz CT molecular complexity index is 522. The molecule has 0 saturated carbocycles. The lowest BCUT2D eigenvalue weighted by Gasteiger charge is -2.03. The van der Waals surface area contributed by atoms with Crippen molar-refractivity contribution in [3.8, 4) is 0 Å². The summed E-state index contributed by atoms with van der Waals surface area (Å²) in [4.78, 5) is 4.02. The summed E-state index contributed by atoms with van der Waals surface area (Å²) in [5.41, 5.74) is 2.24. The van der Waals surface area contributed by atoms with E-state index < -0.39 is 0 Å². The van der Waals surface area contributed by atoms with Crippen molar-refractivity contribution in [1.82, 2.24) is 9.55 Å².